The van der Waals surface area contributed by atoms with Crippen LogP contribution in [0, 0.1) is 0 Å². The summed E-state index contributed by atoms with van der Waals surface area (Å²) in [6.07, 6.45) is 50.6. The third-order valence-corrected chi connectivity index (χ3v) is 13.1. The molecule has 11 nitrogen and oxygen atoms in total. The average Bonchev–Trinajstić information content (AvgIpc) is 3.37. The Bertz CT molecular complexity index is 1420. The number of hydrogen-bond donors (Lipinski definition) is 3. The van der Waals surface area contributed by atoms with Crippen LogP contribution in [0.15, 0.2) is 60.8 Å². The first-order valence-corrected chi connectivity index (χ1v) is 29.3. The third-order valence-electron chi connectivity index (χ3n) is 13.1. The van der Waals surface area contributed by atoms with Crippen molar-refractivity contribution in [1.82, 2.24) is 0 Å². The number of rotatable bonds is 49. The molecule has 0 aromatic carbocycles. The first-order chi connectivity index (χ1) is 35.2. The van der Waals surface area contributed by atoms with Crippen LogP contribution in [-0.4, -0.2) is 89.9 Å². The van der Waals surface area contributed by atoms with Crippen molar-refractivity contribution >= 4 is 17.9 Å². The normalized spacial score (nSPS) is 18.9. The maximum Gasteiger partial charge on any atom is 0.306 e. The zero-order valence-electron chi connectivity index (χ0n) is 45.9. The molecule has 0 spiro atoms. The van der Waals surface area contributed by atoms with Crippen molar-refractivity contribution in [3.05, 3.63) is 60.8 Å². The number of carbonyl (C=O) groups is 3. The van der Waals surface area contributed by atoms with E-state index in [1.54, 1.807) is 0 Å². The van der Waals surface area contributed by atoms with Gasteiger partial charge in [-0.05, 0) is 109 Å². The molecule has 1 saturated heterocycles. The number of aliphatic hydroxyl groups excluding tert-OH is 3. The summed E-state index contributed by atoms with van der Waals surface area (Å²) < 4.78 is 28.4. The predicted molar refractivity (Wildman–Crippen MR) is 293 cm³/mol. The predicted octanol–water partition coefficient (Wildman–Crippen LogP) is 14.7. The first-order valence-electron chi connectivity index (χ1n) is 29.3. The lowest BCUT2D eigenvalue weighted by Gasteiger charge is -2.40. The van der Waals surface area contributed by atoms with Crippen LogP contribution in [0.4, 0.5) is 0 Å². The number of ether oxygens (including phenoxy) is 5. The minimum Gasteiger partial charge on any atom is -0.463 e. The van der Waals surface area contributed by atoms with Gasteiger partial charge in [0, 0.05) is 19.3 Å². The lowest BCUT2D eigenvalue weighted by atomic mass is 9.99. The van der Waals surface area contributed by atoms with E-state index in [1.807, 2.05) is 0 Å². The Morgan fingerprint density at radius 1 is 0.417 bits per heavy atom. The summed E-state index contributed by atoms with van der Waals surface area (Å²) in [4.78, 5) is 38.4. The van der Waals surface area contributed by atoms with Gasteiger partial charge in [0.25, 0.3) is 0 Å². The highest BCUT2D eigenvalue weighted by atomic mass is 16.7. The van der Waals surface area contributed by atoms with Crippen molar-refractivity contribution in [2.45, 2.75) is 289 Å². The van der Waals surface area contributed by atoms with E-state index in [1.165, 1.54) is 64.2 Å². The number of allylic oxidation sites excluding steroid dienone is 10. The minimum atomic E-state index is -1.65. The Labute approximate surface area is 439 Å². The number of carbonyl (C=O) groups excluding carboxylic acids is 3. The topological polar surface area (TPSA) is 158 Å². The van der Waals surface area contributed by atoms with Crippen LogP contribution >= 0.6 is 0 Å². The Balaban J connectivity index is 2.57. The summed E-state index contributed by atoms with van der Waals surface area (Å²) in [5.74, 6) is -1.29. The Hall–Kier alpha value is -3.09. The summed E-state index contributed by atoms with van der Waals surface area (Å²) in [5, 5.41) is 32.2. The Morgan fingerprint density at radius 2 is 0.778 bits per heavy atom. The van der Waals surface area contributed by atoms with Crippen LogP contribution in [-0.2, 0) is 38.1 Å². The number of esters is 3. The standard InChI is InChI=1S/C61H106O11/c1-4-7-10-13-16-19-22-25-27-30-33-35-38-41-44-47-55(62)68-50-53(71-57(64)49-46-43-40-37-34-31-28-26-23-20-17-14-11-8-5-2)51-70-61-60(67)59(66)58(65)54(72-61)52-69-56(63)48-45-42-39-36-32-29-24-21-18-15-12-9-6-3/h16-17,19-21,24-28,53-54,58-61,65-67H,4-15,18,22-23,29-52H2,1-3H3/b19-16+,20-17+,24-21+,27-25+,28-26+. The van der Waals surface area contributed by atoms with E-state index in [0.29, 0.717) is 19.3 Å². The third kappa shape index (κ3) is 40.3. The fourth-order valence-electron chi connectivity index (χ4n) is 8.41. The molecule has 6 unspecified atom stereocenters. The van der Waals surface area contributed by atoms with Gasteiger partial charge < -0.3 is 39.0 Å². The summed E-state index contributed by atoms with van der Waals surface area (Å²) in [5.41, 5.74) is 0. The Morgan fingerprint density at radius 3 is 1.24 bits per heavy atom. The van der Waals surface area contributed by atoms with Gasteiger partial charge in [-0.15, -0.1) is 0 Å². The Kier molecular flexibility index (Phi) is 46.6. The number of unbranched alkanes of at least 4 members (excludes halogenated alkanes) is 25. The molecule has 11 heteroatoms. The van der Waals surface area contributed by atoms with Crippen LogP contribution in [0.1, 0.15) is 252 Å². The maximum atomic E-state index is 13.0. The van der Waals surface area contributed by atoms with E-state index in [2.05, 4.69) is 81.5 Å². The van der Waals surface area contributed by atoms with Crippen molar-refractivity contribution < 1.29 is 53.4 Å². The van der Waals surface area contributed by atoms with Gasteiger partial charge in [0.15, 0.2) is 12.4 Å². The van der Waals surface area contributed by atoms with Crippen molar-refractivity contribution in [1.29, 1.82) is 0 Å². The molecule has 416 valence electrons. The molecule has 0 saturated carbocycles. The average molecular weight is 1020 g/mol. The quantitative estimate of drug-likeness (QED) is 0.0231. The van der Waals surface area contributed by atoms with E-state index in [9.17, 15) is 29.7 Å². The van der Waals surface area contributed by atoms with Gasteiger partial charge >= 0.3 is 17.9 Å². The lowest BCUT2D eigenvalue weighted by Crippen LogP contribution is -2.59. The zero-order valence-corrected chi connectivity index (χ0v) is 45.9. The highest BCUT2D eigenvalue weighted by Gasteiger charge is 2.45. The molecule has 72 heavy (non-hydrogen) atoms. The van der Waals surface area contributed by atoms with Crippen molar-refractivity contribution in [3.8, 4) is 0 Å². The second-order valence-electron chi connectivity index (χ2n) is 19.9. The first kappa shape index (κ1) is 66.9. The zero-order chi connectivity index (χ0) is 52.4. The van der Waals surface area contributed by atoms with E-state index >= 15 is 0 Å². The fourth-order valence-corrected chi connectivity index (χ4v) is 8.41. The van der Waals surface area contributed by atoms with Crippen LogP contribution in [0.2, 0.25) is 0 Å². The molecule has 0 aliphatic carbocycles. The lowest BCUT2D eigenvalue weighted by molar-refractivity contribution is -0.305. The minimum absolute atomic E-state index is 0.193. The summed E-state index contributed by atoms with van der Waals surface area (Å²) in [6.45, 7) is 5.77. The van der Waals surface area contributed by atoms with Crippen LogP contribution in [0.25, 0.3) is 0 Å². The van der Waals surface area contributed by atoms with Gasteiger partial charge in [-0.1, -0.05) is 184 Å². The molecule has 0 aromatic rings. The molecule has 1 aliphatic heterocycles. The van der Waals surface area contributed by atoms with Gasteiger partial charge in [-0.3, -0.25) is 14.4 Å². The summed E-state index contributed by atoms with van der Waals surface area (Å²) >= 11 is 0. The van der Waals surface area contributed by atoms with Crippen LogP contribution in [0.3, 0.4) is 0 Å². The number of aliphatic hydroxyl groups is 3. The largest absolute Gasteiger partial charge is 0.463 e. The molecule has 0 aromatic heterocycles. The van der Waals surface area contributed by atoms with Gasteiger partial charge in [-0.2, -0.15) is 0 Å². The molecule has 0 radical (unpaired) electrons. The van der Waals surface area contributed by atoms with E-state index in [4.69, 9.17) is 23.7 Å². The van der Waals surface area contributed by atoms with E-state index in [0.717, 1.165) is 128 Å². The molecule has 0 bridgehead atoms. The van der Waals surface area contributed by atoms with E-state index < -0.39 is 54.7 Å². The molecular formula is C61H106O11. The molecule has 1 heterocycles. The molecule has 1 aliphatic rings. The van der Waals surface area contributed by atoms with Gasteiger partial charge in [0.2, 0.25) is 0 Å². The molecule has 3 N–H and O–H groups in total. The van der Waals surface area contributed by atoms with Crippen LogP contribution < -0.4 is 0 Å². The molecule has 6 atom stereocenters. The summed E-state index contributed by atoms with van der Waals surface area (Å²) in [6, 6.07) is 0. The molecule has 1 fully saturated rings. The molecular weight excluding hydrogens is 909 g/mol. The second kappa shape index (κ2) is 50.1. The van der Waals surface area contributed by atoms with Crippen molar-refractivity contribution in [3.63, 3.8) is 0 Å². The molecule has 1 rings (SSSR count). The highest BCUT2D eigenvalue weighted by Crippen LogP contribution is 2.24. The van der Waals surface area contributed by atoms with Gasteiger partial charge in [0.05, 0.1) is 6.61 Å². The maximum absolute atomic E-state index is 13.0. The summed E-state index contributed by atoms with van der Waals surface area (Å²) in [7, 11) is 0. The van der Waals surface area contributed by atoms with Crippen molar-refractivity contribution in [2.24, 2.45) is 0 Å². The van der Waals surface area contributed by atoms with E-state index in [-0.39, 0.29) is 39.1 Å². The fraction of sp³-hybridized carbons (Fsp3) is 0.787. The SMILES string of the molecule is CCCCC/C=C/C/C=C/CCCCCCCC(=O)OCC(COC1OC(COC(=O)CCCCCCC/C=C/CCCCCC)C(O)C(O)C1O)OC(=O)CCCCCCC/C=C/C/C=C/CCCCC. The van der Waals surface area contributed by atoms with Crippen LogP contribution in [0.5, 0.6) is 0 Å². The van der Waals surface area contributed by atoms with Gasteiger partial charge in [-0.25, -0.2) is 0 Å². The monoisotopic (exact) mass is 1010 g/mol. The van der Waals surface area contributed by atoms with Crippen molar-refractivity contribution in [2.75, 3.05) is 19.8 Å². The van der Waals surface area contributed by atoms with Gasteiger partial charge in [0.1, 0.15) is 37.6 Å². The molecule has 0 amide bonds. The number of hydrogen-bond acceptors (Lipinski definition) is 11. The second-order valence-corrected chi connectivity index (χ2v) is 19.9. The smallest absolute Gasteiger partial charge is 0.306 e. The highest BCUT2D eigenvalue weighted by molar-refractivity contribution is 5.70.